The van der Waals surface area contributed by atoms with Crippen molar-refractivity contribution < 1.29 is 4.92 Å². The first-order valence-corrected chi connectivity index (χ1v) is 8.48. The lowest BCUT2D eigenvalue weighted by Crippen LogP contribution is -2.33. The molecule has 0 aromatic carbocycles. The molecule has 136 valence electrons. The molecular weight excluding hydrogens is 320 g/mol. The lowest BCUT2D eigenvalue weighted by molar-refractivity contribution is -0.384. The lowest BCUT2D eigenvalue weighted by Gasteiger charge is -2.27. The second-order valence-corrected chi connectivity index (χ2v) is 7.16. The van der Waals surface area contributed by atoms with E-state index in [0.29, 0.717) is 30.7 Å². The molecular formula is C17H26N6O2. The molecule has 0 fully saturated rings. The van der Waals surface area contributed by atoms with Crippen LogP contribution in [0.15, 0.2) is 12.4 Å². The van der Waals surface area contributed by atoms with Gasteiger partial charge in [-0.15, -0.1) is 0 Å². The maximum Gasteiger partial charge on any atom is 0.355 e. The molecule has 2 aromatic rings. The third-order valence-electron chi connectivity index (χ3n) is 3.65. The zero-order valence-electron chi connectivity index (χ0n) is 15.7. The SMILES string of the molecule is Cc1cc(C)n(-c2ncnc(N(CC(C)C)CC(C)C)c2[N+](=O)[O-])n1. The minimum atomic E-state index is -0.408. The highest BCUT2D eigenvalue weighted by atomic mass is 16.6. The standard InChI is InChI=1S/C17H26N6O2/c1-11(2)8-21(9-12(3)4)16-15(23(24)25)17(19-10-18-16)22-14(6)7-13(5)20-22/h7,10-12H,8-9H2,1-6H3. The number of anilines is 1. The predicted molar refractivity (Wildman–Crippen MR) is 97.2 cm³/mol. The molecule has 25 heavy (non-hydrogen) atoms. The van der Waals surface area contributed by atoms with Gasteiger partial charge in [0.1, 0.15) is 6.33 Å². The molecule has 0 N–H and O–H groups in total. The summed E-state index contributed by atoms with van der Waals surface area (Å²) in [6.07, 6.45) is 1.38. The zero-order valence-corrected chi connectivity index (χ0v) is 15.7. The Hall–Kier alpha value is -2.51. The van der Waals surface area contributed by atoms with Crippen molar-refractivity contribution in [2.24, 2.45) is 11.8 Å². The molecule has 0 aliphatic carbocycles. The Kier molecular flexibility index (Phi) is 5.71. The maximum atomic E-state index is 11.9. The molecule has 0 amide bonds. The quantitative estimate of drug-likeness (QED) is 0.564. The fourth-order valence-electron chi connectivity index (χ4n) is 2.88. The van der Waals surface area contributed by atoms with E-state index in [2.05, 4.69) is 42.8 Å². The van der Waals surface area contributed by atoms with Crippen molar-refractivity contribution >= 4 is 11.5 Å². The van der Waals surface area contributed by atoms with Crippen LogP contribution in [0.1, 0.15) is 39.1 Å². The molecule has 0 bridgehead atoms. The van der Waals surface area contributed by atoms with Gasteiger partial charge in [-0.1, -0.05) is 27.7 Å². The average Bonchev–Trinajstić information content (AvgIpc) is 2.83. The molecule has 0 spiro atoms. The summed E-state index contributed by atoms with van der Waals surface area (Å²) in [5.41, 5.74) is 1.48. The molecule has 0 saturated carbocycles. The number of aromatic nitrogens is 4. The van der Waals surface area contributed by atoms with E-state index in [1.54, 1.807) is 0 Å². The molecule has 0 aliphatic rings. The molecule has 2 rings (SSSR count). The Bertz CT molecular complexity index is 744. The number of hydrogen-bond acceptors (Lipinski definition) is 6. The van der Waals surface area contributed by atoms with E-state index in [-0.39, 0.29) is 11.5 Å². The van der Waals surface area contributed by atoms with Gasteiger partial charge in [-0.3, -0.25) is 10.1 Å². The molecule has 0 radical (unpaired) electrons. The van der Waals surface area contributed by atoms with Crippen LogP contribution < -0.4 is 4.90 Å². The van der Waals surface area contributed by atoms with Crippen LogP contribution in [-0.2, 0) is 0 Å². The summed E-state index contributed by atoms with van der Waals surface area (Å²) in [6, 6.07) is 1.87. The first-order valence-electron chi connectivity index (χ1n) is 8.48. The first-order chi connectivity index (χ1) is 11.7. The van der Waals surface area contributed by atoms with E-state index >= 15 is 0 Å². The van der Waals surface area contributed by atoms with Gasteiger partial charge in [-0.2, -0.15) is 5.10 Å². The Labute approximate surface area is 148 Å². The van der Waals surface area contributed by atoms with E-state index in [0.717, 1.165) is 11.4 Å². The lowest BCUT2D eigenvalue weighted by atomic mass is 10.1. The van der Waals surface area contributed by atoms with Crippen molar-refractivity contribution in [3.05, 3.63) is 33.9 Å². The second-order valence-electron chi connectivity index (χ2n) is 7.16. The molecule has 8 heteroatoms. The summed E-state index contributed by atoms with van der Waals surface area (Å²) >= 11 is 0. The largest absolute Gasteiger partial charge is 0.355 e. The molecule has 8 nitrogen and oxygen atoms in total. The minimum absolute atomic E-state index is 0.102. The van der Waals surface area contributed by atoms with Gasteiger partial charge in [-0.25, -0.2) is 14.6 Å². The molecule has 0 unspecified atom stereocenters. The highest BCUT2D eigenvalue weighted by Gasteiger charge is 2.29. The van der Waals surface area contributed by atoms with Gasteiger partial charge in [0.15, 0.2) is 0 Å². The van der Waals surface area contributed by atoms with Crippen LogP contribution in [0, 0.1) is 35.8 Å². The fraction of sp³-hybridized carbons (Fsp3) is 0.588. The molecule has 2 aromatic heterocycles. The van der Waals surface area contributed by atoms with E-state index in [4.69, 9.17) is 0 Å². The van der Waals surface area contributed by atoms with Crippen molar-refractivity contribution in [1.29, 1.82) is 0 Å². The Morgan fingerprint density at radius 3 is 2.20 bits per heavy atom. The van der Waals surface area contributed by atoms with Crippen molar-refractivity contribution in [3.8, 4) is 5.82 Å². The zero-order chi connectivity index (χ0) is 18.7. The van der Waals surface area contributed by atoms with Gasteiger partial charge in [0.25, 0.3) is 0 Å². The molecule has 0 saturated heterocycles. The monoisotopic (exact) mass is 346 g/mol. The van der Waals surface area contributed by atoms with Gasteiger partial charge < -0.3 is 4.90 Å². The molecule has 0 aliphatic heterocycles. The summed E-state index contributed by atoms with van der Waals surface area (Å²) in [6.45, 7) is 13.4. The van der Waals surface area contributed by atoms with Gasteiger partial charge >= 0.3 is 5.69 Å². The summed E-state index contributed by atoms with van der Waals surface area (Å²) < 4.78 is 1.52. The number of rotatable bonds is 7. The summed E-state index contributed by atoms with van der Waals surface area (Å²) in [7, 11) is 0. The van der Waals surface area contributed by atoms with Gasteiger partial charge in [0.2, 0.25) is 11.6 Å². The Morgan fingerprint density at radius 2 is 1.76 bits per heavy atom. The van der Waals surface area contributed by atoms with Crippen molar-refractivity contribution in [2.45, 2.75) is 41.5 Å². The summed E-state index contributed by atoms with van der Waals surface area (Å²) in [5.74, 6) is 1.26. The number of nitro groups is 1. The molecule has 0 atom stereocenters. The van der Waals surface area contributed by atoms with Gasteiger partial charge in [0, 0.05) is 18.8 Å². The van der Waals surface area contributed by atoms with Crippen LogP contribution >= 0.6 is 0 Å². The smallest absolute Gasteiger partial charge is 0.350 e. The average molecular weight is 346 g/mol. The third-order valence-corrected chi connectivity index (χ3v) is 3.65. The predicted octanol–water partition coefficient (Wildman–Crippen LogP) is 3.31. The number of hydrogen-bond donors (Lipinski definition) is 0. The number of nitrogens with zero attached hydrogens (tertiary/aromatic N) is 6. The van der Waals surface area contributed by atoms with Gasteiger partial charge in [0.05, 0.1) is 10.6 Å². The Balaban J connectivity index is 2.63. The summed E-state index contributed by atoms with van der Waals surface area (Å²) in [5, 5.41) is 16.2. The van der Waals surface area contributed by atoms with Crippen molar-refractivity contribution in [3.63, 3.8) is 0 Å². The normalized spacial score (nSPS) is 11.4. The van der Waals surface area contributed by atoms with E-state index in [1.807, 2.05) is 24.8 Å². The van der Waals surface area contributed by atoms with E-state index in [9.17, 15) is 10.1 Å². The van der Waals surface area contributed by atoms with Crippen LogP contribution in [-0.4, -0.2) is 37.8 Å². The Morgan fingerprint density at radius 1 is 1.16 bits per heavy atom. The maximum absolute atomic E-state index is 11.9. The summed E-state index contributed by atoms with van der Waals surface area (Å²) in [4.78, 5) is 21.9. The number of aryl methyl sites for hydroxylation is 2. The second kappa shape index (κ2) is 7.58. The topological polar surface area (TPSA) is 90.0 Å². The van der Waals surface area contributed by atoms with E-state index < -0.39 is 4.92 Å². The third kappa shape index (κ3) is 4.32. The van der Waals surface area contributed by atoms with Crippen LogP contribution in [0.4, 0.5) is 11.5 Å². The van der Waals surface area contributed by atoms with Crippen molar-refractivity contribution in [2.75, 3.05) is 18.0 Å². The van der Waals surface area contributed by atoms with Crippen LogP contribution in [0.3, 0.4) is 0 Å². The van der Waals surface area contributed by atoms with Crippen LogP contribution in [0.5, 0.6) is 0 Å². The van der Waals surface area contributed by atoms with E-state index in [1.165, 1.54) is 11.0 Å². The first kappa shape index (κ1) is 18.8. The molecule has 2 heterocycles. The van der Waals surface area contributed by atoms with Crippen molar-refractivity contribution in [1.82, 2.24) is 19.7 Å². The van der Waals surface area contributed by atoms with Crippen LogP contribution in [0.2, 0.25) is 0 Å². The minimum Gasteiger partial charge on any atom is -0.350 e. The van der Waals surface area contributed by atoms with Crippen LogP contribution in [0.25, 0.3) is 5.82 Å². The van der Waals surface area contributed by atoms with Gasteiger partial charge in [-0.05, 0) is 31.7 Å². The highest BCUT2D eigenvalue weighted by molar-refractivity contribution is 5.65. The highest BCUT2D eigenvalue weighted by Crippen LogP contribution is 2.32. The fourth-order valence-corrected chi connectivity index (χ4v) is 2.88.